The molecule has 162 valence electrons. The van der Waals surface area contributed by atoms with Gasteiger partial charge >= 0.3 is 0 Å². The number of nitrogens with zero attached hydrogens (tertiary/aromatic N) is 4. The molecule has 0 N–H and O–H groups in total. The van der Waals surface area contributed by atoms with Crippen LogP contribution in [0.5, 0.6) is 5.75 Å². The van der Waals surface area contributed by atoms with Gasteiger partial charge in [-0.1, -0.05) is 46.9 Å². The molecule has 1 fully saturated rings. The van der Waals surface area contributed by atoms with Crippen LogP contribution in [-0.2, 0) is 13.3 Å². The van der Waals surface area contributed by atoms with Crippen LogP contribution in [0, 0.1) is 0 Å². The van der Waals surface area contributed by atoms with Gasteiger partial charge in [0, 0.05) is 49.0 Å². The van der Waals surface area contributed by atoms with Crippen LogP contribution in [0.2, 0.25) is 15.1 Å². The fourth-order valence-corrected chi connectivity index (χ4v) is 3.98. The Morgan fingerprint density at radius 3 is 2.35 bits per heavy atom. The first-order chi connectivity index (χ1) is 15.0. The highest BCUT2D eigenvalue weighted by Gasteiger charge is 2.23. The van der Waals surface area contributed by atoms with E-state index in [4.69, 9.17) is 39.5 Å². The quantitative estimate of drug-likeness (QED) is 0.508. The lowest BCUT2D eigenvalue weighted by molar-refractivity contribution is 0.0621. The second-order valence-electron chi connectivity index (χ2n) is 7.28. The molecule has 4 rings (SSSR count). The zero-order valence-corrected chi connectivity index (χ0v) is 18.9. The van der Waals surface area contributed by atoms with Gasteiger partial charge in [0.15, 0.2) is 12.4 Å². The molecule has 2 heterocycles. The molecule has 0 unspecified atom stereocenters. The number of aromatic nitrogens is 2. The largest absolute Gasteiger partial charge is 0.470 e. The van der Waals surface area contributed by atoms with E-state index < -0.39 is 0 Å². The van der Waals surface area contributed by atoms with Crippen LogP contribution in [0.25, 0.3) is 0 Å². The van der Waals surface area contributed by atoms with Crippen molar-refractivity contribution in [1.29, 1.82) is 0 Å². The maximum Gasteiger partial charge on any atom is 0.274 e. The fraction of sp³-hybridized carbons (Fsp3) is 0.273. The van der Waals surface area contributed by atoms with Gasteiger partial charge < -0.3 is 9.64 Å². The molecule has 0 radical (unpaired) electrons. The zero-order chi connectivity index (χ0) is 21.8. The van der Waals surface area contributed by atoms with Crippen LogP contribution in [-0.4, -0.2) is 51.7 Å². The van der Waals surface area contributed by atoms with Crippen LogP contribution in [0.3, 0.4) is 0 Å². The van der Waals surface area contributed by atoms with Crippen LogP contribution in [0.15, 0.2) is 54.7 Å². The van der Waals surface area contributed by atoms with Crippen LogP contribution >= 0.6 is 34.8 Å². The third-order valence-corrected chi connectivity index (χ3v) is 5.87. The Balaban J connectivity index is 1.28. The maximum atomic E-state index is 12.8. The summed E-state index contributed by atoms with van der Waals surface area (Å²) in [5.74, 6) is 0.431. The van der Waals surface area contributed by atoms with Crippen molar-refractivity contribution in [2.24, 2.45) is 0 Å². The van der Waals surface area contributed by atoms with E-state index >= 15 is 0 Å². The van der Waals surface area contributed by atoms with Crippen molar-refractivity contribution in [1.82, 2.24) is 19.6 Å². The van der Waals surface area contributed by atoms with Gasteiger partial charge in [-0.3, -0.25) is 9.69 Å². The van der Waals surface area contributed by atoms with E-state index in [1.165, 1.54) is 5.56 Å². The molecule has 0 atom stereocenters. The minimum Gasteiger partial charge on any atom is -0.470 e. The van der Waals surface area contributed by atoms with E-state index in [-0.39, 0.29) is 12.6 Å². The minimum absolute atomic E-state index is 0.0746. The molecular formula is C22H21Cl3N4O2. The predicted molar refractivity (Wildman–Crippen MR) is 122 cm³/mol. The van der Waals surface area contributed by atoms with Gasteiger partial charge in [-0.2, -0.15) is 5.10 Å². The van der Waals surface area contributed by atoms with Crippen molar-refractivity contribution in [2.75, 3.05) is 26.2 Å². The summed E-state index contributed by atoms with van der Waals surface area (Å²) in [5.41, 5.74) is 1.61. The summed E-state index contributed by atoms with van der Waals surface area (Å²) in [6.07, 6.45) is 1.72. The smallest absolute Gasteiger partial charge is 0.274 e. The highest BCUT2D eigenvalue weighted by Crippen LogP contribution is 2.27. The van der Waals surface area contributed by atoms with Crippen molar-refractivity contribution in [2.45, 2.75) is 13.3 Å². The summed E-state index contributed by atoms with van der Waals surface area (Å²) in [5, 5.41) is 6.05. The Morgan fingerprint density at radius 1 is 0.935 bits per heavy atom. The molecule has 0 aliphatic carbocycles. The standard InChI is InChI=1S/C22H21Cl3N4O2/c23-17-3-1-16(2-4-17)14-27-9-11-28(12-10-27)22(30)20-7-8-29(26-20)15-31-21-6-5-18(24)13-19(21)25/h1-8,13H,9-12,14-15H2. The normalized spacial score (nSPS) is 14.6. The summed E-state index contributed by atoms with van der Waals surface area (Å²) in [4.78, 5) is 17.0. The van der Waals surface area contributed by atoms with Crippen molar-refractivity contribution in [3.8, 4) is 5.75 Å². The SMILES string of the molecule is O=C(c1ccn(COc2ccc(Cl)cc2Cl)n1)N1CCN(Cc2ccc(Cl)cc2)CC1. The summed E-state index contributed by atoms with van der Waals surface area (Å²) in [7, 11) is 0. The molecule has 2 aromatic carbocycles. The van der Waals surface area contributed by atoms with Gasteiger partial charge in [-0.25, -0.2) is 4.68 Å². The first-order valence-electron chi connectivity index (χ1n) is 9.85. The number of amides is 1. The fourth-order valence-electron chi connectivity index (χ4n) is 3.39. The number of benzene rings is 2. The van der Waals surface area contributed by atoms with E-state index in [0.717, 1.165) is 24.7 Å². The average Bonchev–Trinajstić information content (AvgIpc) is 3.24. The first kappa shape index (κ1) is 22.0. The monoisotopic (exact) mass is 478 g/mol. The first-order valence-corrected chi connectivity index (χ1v) is 11.0. The summed E-state index contributed by atoms with van der Waals surface area (Å²) < 4.78 is 7.23. The van der Waals surface area contributed by atoms with Crippen molar-refractivity contribution in [3.05, 3.63) is 81.1 Å². The van der Waals surface area contributed by atoms with Crippen LogP contribution in [0.4, 0.5) is 0 Å². The summed E-state index contributed by atoms with van der Waals surface area (Å²) >= 11 is 18.0. The molecule has 0 spiro atoms. The maximum absolute atomic E-state index is 12.8. The molecular weight excluding hydrogens is 459 g/mol. The van der Waals surface area contributed by atoms with E-state index in [9.17, 15) is 4.79 Å². The molecule has 0 bridgehead atoms. The Bertz CT molecular complexity index is 1050. The van der Waals surface area contributed by atoms with Gasteiger partial charge in [0.05, 0.1) is 5.02 Å². The molecule has 1 aliphatic heterocycles. The highest BCUT2D eigenvalue weighted by atomic mass is 35.5. The number of carbonyl (C=O) groups excluding carboxylic acids is 1. The van der Waals surface area contributed by atoms with Crippen molar-refractivity contribution in [3.63, 3.8) is 0 Å². The molecule has 3 aromatic rings. The van der Waals surface area contributed by atoms with E-state index in [1.807, 2.05) is 29.2 Å². The third-order valence-electron chi connectivity index (χ3n) is 5.08. The van der Waals surface area contributed by atoms with Gasteiger partial charge in [-0.15, -0.1) is 0 Å². The number of hydrogen-bond acceptors (Lipinski definition) is 4. The molecule has 1 amide bonds. The van der Waals surface area contributed by atoms with Gasteiger partial charge in [-0.05, 0) is 42.0 Å². The van der Waals surface area contributed by atoms with Gasteiger partial charge in [0.1, 0.15) is 5.75 Å². The van der Waals surface area contributed by atoms with E-state index in [1.54, 1.807) is 35.1 Å². The highest BCUT2D eigenvalue weighted by molar-refractivity contribution is 6.35. The second kappa shape index (κ2) is 9.92. The van der Waals surface area contributed by atoms with Crippen molar-refractivity contribution < 1.29 is 9.53 Å². The molecule has 9 heteroatoms. The van der Waals surface area contributed by atoms with Crippen LogP contribution in [0.1, 0.15) is 16.1 Å². The molecule has 1 aromatic heterocycles. The predicted octanol–water partition coefficient (Wildman–Crippen LogP) is 4.84. The molecule has 0 saturated carbocycles. The van der Waals surface area contributed by atoms with Gasteiger partial charge in [0.2, 0.25) is 0 Å². The zero-order valence-electron chi connectivity index (χ0n) is 16.7. The molecule has 6 nitrogen and oxygen atoms in total. The number of halogens is 3. The lowest BCUT2D eigenvalue weighted by atomic mass is 10.2. The van der Waals surface area contributed by atoms with Crippen molar-refractivity contribution >= 4 is 40.7 Å². The molecule has 31 heavy (non-hydrogen) atoms. The number of ether oxygens (including phenoxy) is 1. The van der Waals surface area contributed by atoms with E-state index in [2.05, 4.69) is 10.00 Å². The summed E-state index contributed by atoms with van der Waals surface area (Å²) in [6, 6.07) is 14.6. The Kier molecular flexibility index (Phi) is 7.02. The lowest BCUT2D eigenvalue weighted by Gasteiger charge is -2.34. The number of hydrogen-bond donors (Lipinski definition) is 0. The Hall–Kier alpha value is -2.25. The topological polar surface area (TPSA) is 50.6 Å². The number of rotatable bonds is 6. The average molecular weight is 480 g/mol. The molecule has 1 aliphatic rings. The Morgan fingerprint density at radius 2 is 1.65 bits per heavy atom. The Labute approximate surface area is 195 Å². The third kappa shape index (κ3) is 5.71. The second-order valence-corrected chi connectivity index (χ2v) is 8.56. The number of carbonyl (C=O) groups is 1. The van der Waals surface area contributed by atoms with Crippen LogP contribution < -0.4 is 4.74 Å². The summed E-state index contributed by atoms with van der Waals surface area (Å²) in [6.45, 7) is 3.94. The molecule has 1 saturated heterocycles. The lowest BCUT2D eigenvalue weighted by Crippen LogP contribution is -2.48. The minimum atomic E-state index is -0.0746. The number of piperazine rings is 1. The van der Waals surface area contributed by atoms with Gasteiger partial charge in [0.25, 0.3) is 5.91 Å². The van der Waals surface area contributed by atoms with E-state index in [0.29, 0.717) is 34.6 Å².